The van der Waals surface area contributed by atoms with Gasteiger partial charge in [-0.2, -0.15) is 0 Å². The van der Waals surface area contributed by atoms with E-state index in [1.54, 1.807) is 30.5 Å². The lowest BCUT2D eigenvalue weighted by Gasteiger charge is -2.11. The number of amides is 2. The van der Waals surface area contributed by atoms with Gasteiger partial charge in [0, 0.05) is 19.3 Å². The molecule has 0 bridgehead atoms. The average Bonchev–Trinajstić information content (AvgIpc) is 2.69. The van der Waals surface area contributed by atoms with E-state index in [4.69, 9.17) is 16.3 Å². The van der Waals surface area contributed by atoms with Gasteiger partial charge in [-0.25, -0.2) is 14.2 Å². The summed E-state index contributed by atoms with van der Waals surface area (Å²) in [6.07, 6.45) is 1.62. The topological polar surface area (TPSA) is 63.2 Å². The first-order valence-corrected chi connectivity index (χ1v) is 9.02. The van der Waals surface area contributed by atoms with E-state index in [2.05, 4.69) is 15.6 Å². The number of carbonyl (C=O) groups excluding carboxylic acids is 1. The van der Waals surface area contributed by atoms with Crippen molar-refractivity contribution in [3.63, 3.8) is 0 Å². The molecule has 0 radical (unpaired) electrons. The number of nitrogens with one attached hydrogen (secondary N) is 2. The molecule has 3 rings (SSSR count). The molecule has 2 N–H and O–H groups in total. The van der Waals surface area contributed by atoms with Crippen LogP contribution in [0.3, 0.4) is 0 Å². The molecule has 1 aromatic heterocycles. The number of halogens is 2. The third-order valence-electron chi connectivity index (χ3n) is 3.98. The maximum atomic E-state index is 13.0. The normalized spacial score (nSPS) is 10.4. The van der Waals surface area contributed by atoms with Crippen LogP contribution in [0.4, 0.5) is 9.18 Å². The minimum atomic E-state index is -0.309. The summed E-state index contributed by atoms with van der Waals surface area (Å²) in [5.41, 5.74) is 2.71. The van der Waals surface area contributed by atoms with Crippen molar-refractivity contribution in [2.45, 2.75) is 20.0 Å². The van der Waals surface area contributed by atoms with E-state index < -0.39 is 0 Å². The van der Waals surface area contributed by atoms with Crippen molar-refractivity contribution in [3.8, 4) is 11.5 Å². The molecule has 28 heavy (non-hydrogen) atoms. The standard InChI is InChI=1S/C21H19ClFN3O2/c1-14-10-15(2-8-19(14)28-18-6-4-17(23)5-7-18)11-25-21(27)26-13-16-3-9-20(22)24-12-16/h2-10,12H,11,13H2,1H3,(H2,25,26,27). The Morgan fingerprint density at radius 2 is 1.71 bits per heavy atom. The molecule has 0 fully saturated rings. The highest BCUT2D eigenvalue weighted by atomic mass is 35.5. The molecular formula is C21H19ClFN3O2. The lowest BCUT2D eigenvalue weighted by Crippen LogP contribution is -2.34. The molecule has 0 aliphatic rings. The van der Waals surface area contributed by atoms with E-state index in [1.165, 1.54) is 12.1 Å². The first-order valence-electron chi connectivity index (χ1n) is 8.65. The number of hydrogen-bond donors (Lipinski definition) is 2. The first-order chi connectivity index (χ1) is 13.5. The zero-order valence-corrected chi connectivity index (χ0v) is 16.0. The number of urea groups is 1. The Hall–Kier alpha value is -3.12. The van der Waals surface area contributed by atoms with Gasteiger partial charge in [-0.1, -0.05) is 29.8 Å². The molecule has 1 heterocycles. The minimum absolute atomic E-state index is 0.278. The van der Waals surface area contributed by atoms with Gasteiger partial charge in [0.2, 0.25) is 0 Å². The molecule has 0 saturated heterocycles. The largest absolute Gasteiger partial charge is 0.457 e. The smallest absolute Gasteiger partial charge is 0.315 e. The van der Waals surface area contributed by atoms with Crippen LogP contribution in [0.2, 0.25) is 5.15 Å². The number of ether oxygens (including phenoxy) is 1. The number of nitrogens with zero attached hydrogens (tertiary/aromatic N) is 1. The third kappa shape index (κ3) is 5.69. The fourth-order valence-corrected chi connectivity index (χ4v) is 2.62. The summed E-state index contributed by atoms with van der Waals surface area (Å²) in [5, 5.41) is 5.98. The average molecular weight is 400 g/mol. The van der Waals surface area contributed by atoms with E-state index >= 15 is 0 Å². The Bertz CT molecular complexity index is 947. The van der Waals surface area contributed by atoms with Crippen molar-refractivity contribution in [1.82, 2.24) is 15.6 Å². The van der Waals surface area contributed by atoms with E-state index in [9.17, 15) is 9.18 Å². The molecule has 3 aromatic rings. The summed E-state index contributed by atoms with van der Waals surface area (Å²) in [5.74, 6) is 0.928. The second-order valence-corrected chi connectivity index (χ2v) is 6.57. The Balaban J connectivity index is 1.50. The van der Waals surface area contributed by atoms with Crippen LogP contribution in [-0.2, 0) is 13.1 Å². The van der Waals surface area contributed by atoms with Gasteiger partial charge in [0.05, 0.1) is 0 Å². The molecular weight excluding hydrogens is 381 g/mol. The van der Waals surface area contributed by atoms with Crippen molar-refractivity contribution in [2.24, 2.45) is 0 Å². The van der Waals surface area contributed by atoms with Gasteiger partial charge < -0.3 is 15.4 Å². The summed E-state index contributed by atoms with van der Waals surface area (Å²) >= 11 is 5.73. The fourth-order valence-electron chi connectivity index (χ4n) is 2.50. The number of hydrogen-bond acceptors (Lipinski definition) is 3. The van der Waals surface area contributed by atoms with Crippen molar-refractivity contribution >= 4 is 17.6 Å². The third-order valence-corrected chi connectivity index (χ3v) is 4.20. The van der Waals surface area contributed by atoms with Crippen LogP contribution in [0.1, 0.15) is 16.7 Å². The van der Waals surface area contributed by atoms with Crippen LogP contribution in [0.25, 0.3) is 0 Å². The van der Waals surface area contributed by atoms with Crippen LogP contribution in [0, 0.1) is 12.7 Å². The highest BCUT2D eigenvalue weighted by molar-refractivity contribution is 6.29. The van der Waals surface area contributed by atoms with Crippen molar-refractivity contribution < 1.29 is 13.9 Å². The highest BCUT2D eigenvalue weighted by Gasteiger charge is 2.06. The maximum absolute atomic E-state index is 13.0. The number of benzene rings is 2. The lowest BCUT2D eigenvalue weighted by atomic mass is 10.1. The molecule has 0 unspecified atom stereocenters. The predicted octanol–water partition coefficient (Wildman–Crippen LogP) is 4.97. The number of rotatable bonds is 6. The number of aryl methyl sites for hydroxylation is 1. The van der Waals surface area contributed by atoms with Crippen LogP contribution < -0.4 is 15.4 Å². The van der Waals surface area contributed by atoms with Crippen LogP contribution in [0.5, 0.6) is 11.5 Å². The Morgan fingerprint density at radius 1 is 1.04 bits per heavy atom. The second kappa shape index (κ2) is 9.19. The summed E-state index contributed by atoms with van der Waals surface area (Å²) in [6, 6.07) is 14.7. The minimum Gasteiger partial charge on any atom is -0.457 e. The summed E-state index contributed by atoms with van der Waals surface area (Å²) in [7, 11) is 0. The van der Waals surface area contributed by atoms with Gasteiger partial charge >= 0.3 is 6.03 Å². The van der Waals surface area contributed by atoms with Gasteiger partial charge in [0.25, 0.3) is 0 Å². The molecule has 7 heteroatoms. The zero-order valence-electron chi connectivity index (χ0n) is 15.2. The fraction of sp³-hybridized carbons (Fsp3) is 0.143. The van der Waals surface area contributed by atoms with Gasteiger partial charge in [0.15, 0.2) is 0 Å². The SMILES string of the molecule is Cc1cc(CNC(=O)NCc2ccc(Cl)nc2)ccc1Oc1ccc(F)cc1. The molecule has 0 atom stereocenters. The summed E-state index contributed by atoms with van der Waals surface area (Å²) in [4.78, 5) is 15.9. The molecule has 144 valence electrons. The van der Waals surface area contributed by atoms with E-state index in [-0.39, 0.29) is 11.8 Å². The highest BCUT2D eigenvalue weighted by Crippen LogP contribution is 2.25. The van der Waals surface area contributed by atoms with Gasteiger partial charge in [-0.3, -0.25) is 0 Å². The second-order valence-electron chi connectivity index (χ2n) is 6.18. The molecule has 0 aliphatic carbocycles. The quantitative estimate of drug-likeness (QED) is 0.575. The zero-order chi connectivity index (χ0) is 19.9. The Kier molecular flexibility index (Phi) is 6.45. The Morgan fingerprint density at radius 3 is 2.36 bits per heavy atom. The molecule has 5 nitrogen and oxygen atoms in total. The van der Waals surface area contributed by atoms with Crippen molar-refractivity contribution in [3.05, 3.63) is 88.5 Å². The Labute approximate surface area is 167 Å². The van der Waals surface area contributed by atoms with Gasteiger partial charge in [0.1, 0.15) is 22.5 Å². The summed E-state index contributed by atoms with van der Waals surface area (Å²) < 4.78 is 18.7. The lowest BCUT2D eigenvalue weighted by molar-refractivity contribution is 0.240. The number of pyridine rings is 1. The maximum Gasteiger partial charge on any atom is 0.315 e. The molecule has 0 spiro atoms. The van der Waals surface area contributed by atoms with Gasteiger partial charge in [-0.15, -0.1) is 0 Å². The van der Waals surface area contributed by atoms with E-state index in [0.29, 0.717) is 29.7 Å². The van der Waals surface area contributed by atoms with E-state index in [0.717, 1.165) is 16.7 Å². The monoisotopic (exact) mass is 399 g/mol. The molecule has 2 amide bonds. The molecule has 0 saturated carbocycles. The first kappa shape index (κ1) is 19.6. The van der Waals surface area contributed by atoms with Gasteiger partial charge in [-0.05, 0) is 60.0 Å². The van der Waals surface area contributed by atoms with E-state index in [1.807, 2.05) is 25.1 Å². The number of carbonyl (C=O) groups is 1. The molecule has 2 aromatic carbocycles. The predicted molar refractivity (Wildman–Crippen MR) is 106 cm³/mol. The van der Waals surface area contributed by atoms with Crippen molar-refractivity contribution in [1.29, 1.82) is 0 Å². The van der Waals surface area contributed by atoms with Crippen LogP contribution in [-0.4, -0.2) is 11.0 Å². The molecule has 0 aliphatic heterocycles. The van der Waals surface area contributed by atoms with Crippen LogP contribution >= 0.6 is 11.6 Å². The summed E-state index contributed by atoms with van der Waals surface area (Å²) in [6.45, 7) is 2.65. The van der Waals surface area contributed by atoms with Crippen molar-refractivity contribution in [2.75, 3.05) is 0 Å². The van der Waals surface area contributed by atoms with Crippen LogP contribution in [0.15, 0.2) is 60.8 Å². The number of aromatic nitrogens is 1.